The third-order valence-corrected chi connectivity index (χ3v) is 8.57. The van der Waals surface area contributed by atoms with E-state index in [9.17, 15) is 22.9 Å². The van der Waals surface area contributed by atoms with Gasteiger partial charge in [0, 0.05) is 6.42 Å². The van der Waals surface area contributed by atoms with Gasteiger partial charge in [-0.05, 0) is 57.8 Å². The zero-order valence-corrected chi connectivity index (χ0v) is 28.6. The largest absolute Gasteiger partial charge is 0.387 e. The average Bonchev–Trinajstić information content (AvgIpc) is 2.96. The maximum atomic E-state index is 12.4. The lowest BCUT2D eigenvalue weighted by Crippen LogP contribution is -2.46. The van der Waals surface area contributed by atoms with Crippen molar-refractivity contribution in [3.63, 3.8) is 0 Å². The van der Waals surface area contributed by atoms with Gasteiger partial charge in [-0.2, -0.15) is 8.42 Å². The van der Waals surface area contributed by atoms with E-state index in [0.29, 0.717) is 6.42 Å². The number of allylic oxidation sites excluding steroid dienone is 5. The average molecular weight is 626 g/mol. The quantitative estimate of drug-likeness (QED) is 0.0404. The molecule has 2 unspecified atom stereocenters. The Labute approximate surface area is 266 Å². The molecular weight excluding hydrogens is 558 g/mol. The van der Waals surface area contributed by atoms with E-state index in [1.807, 2.05) is 0 Å². The van der Waals surface area contributed by atoms with Crippen LogP contribution in [0.4, 0.5) is 0 Å². The molecule has 3 N–H and O–H groups in total. The Balaban J connectivity index is 3.98. The normalized spacial score (nSPS) is 13.9. The Hall–Kier alpha value is -1.44. The van der Waals surface area contributed by atoms with Crippen LogP contribution in [0.1, 0.15) is 168 Å². The molecule has 43 heavy (non-hydrogen) atoms. The molecule has 0 radical (unpaired) electrons. The van der Waals surface area contributed by atoms with Crippen LogP contribution >= 0.6 is 0 Å². The van der Waals surface area contributed by atoms with Crippen molar-refractivity contribution in [1.82, 2.24) is 5.32 Å². The molecule has 0 saturated carbocycles. The number of aliphatic hydroxyl groups excluding tert-OH is 1. The van der Waals surface area contributed by atoms with Crippen molar-refractivity contribution in [3.8, 4) is 0 Å². The van der Waals surface area contributed by atoms with Gasteiger partial charge in [0.05, 0.1) is 17.9 Å². The predicted molar refractivity (Wildman–Crippen MR) is 184 cm³/mol. The highest BCUT2D eigenvalue weighted by molar-refractivity contribution is 7.85. The second kappa shape index (κ2) is 30.6. The van der Waals surface area contributed by atoms with E-state index in [-0.39, 0.29) is 12.3 Å². The van der Waals surface area contributed by atoms with E-state index in [1.54, 1.807) is 6.08 Å². The number of carbonyl (C=O) groups excluding carboxylic acids is 1. The Morgan fingerprint density at radius 2 is 1.00 bits per heavy atom. The molecular formula is C36H67NO5S. The van der Waals surface area contributed by atoms with Crippen molar-refractivity contribution >= 4 is 16.0 Å². The standard InChI is InChI=1S/C36H67NO5S/c1-3-5-7-9-11-13-15-16-17-18-19-20-21-22-24-26-28-30-32-36(39)37-34(33-43(40,41)42)35(38)31-29-27-25-23-14-12-10-8-6-4-2/h14,17-18,23,29,31,34-35,38H,3-13,15-16,19-22,24-28,30,32-33H2,1-2H3,(H,37,39)(H,40,41,42)/b18-17-,23-14+,31-29+. The Kier molecular flexibility index (Phi) is 29.6. The number of nitrogens with one attached hydrogen (secondary N) is 1. The van der Waals surface area contributed by atoms with Crippen LogP contribution in [0.5, 0.6) is 0 Å². The van der Waals surface area contributed by atoms with Crippen LogP contribution in [0.3, 0.4) is 0 Å². The lowest BCUT2D eigenvalue weighted by atomic mass is 10.1. The smallest absolute Gasteiger partial charge is 0.267 e. The fraction of sp³-hybridized carbons (Fsp3) is 0.806. The Morgan fingerprint density at radius 1 is 0.605 bits per heavy atom. The molecule has 0 heterocycles. The van der Waals surface area contributed by atoms with E-state index in [2.05, 4.69) is 43.5 Å². The topological polar surface area (TPSA) is 104 Å². The van der Waals surface area contributed by atoms with Crippen LogP contribution in [0.25, 0.3) is 0 Å². The van der Waals surface area contributed by atoms with Crippen LogP contribution in [0, 0.1) is 0 Å². The summed E-state index contributed by atoms with van der Waals surface area (Å²) >= 11 is 0. The fourth-order valence-corrected chi connectivity index (χ4v) is 5.84. The zero-order valence-electron chi connectivity index (χ0n) is 27.8. The second-order valence-electron chi connectivity index (χ2n) is 12.1. The van der Waals surface area contributed by atoms with Gasteiger partial charge in [0.2, 0.25) is 5.91 Å². The molecule has 6 nitrogen and oxygen atoms in total. The van der Waals surface area contributed by atoms with Crippen LogP contribution in [-0.2, 0) is 14.9 Å². The minimum Gasteiger partial charge on any atom is -0.387 e. The molecule has 1 amide bonds. The first kappa shape index (κ1) is 41.6. The Bertz CT molecular complexity index is 821. The second-order valence-corrected chi connectivity index (χ2v) is 13.6. The number of hydrogen-bond acceptors (Lipinski definition) is 4. The van der Waals surface area contributed by atoms with Crippen molar-refractivity contribution in [3.05, 3.63) is 36.5 Å². The van der Waals surface area contributed by atoms with Gasteiger partial charge in [-0.1, -0.05) is 140 Å². The van der Waals surface area contributed by atoms with Crippen molar-refractivity contribution in [2.45, 2.75) is 180 Å². The van der Waals surface area contributed by atoms with Gasteiger partial charge in [-0.25, -0.2) is 0 Å². The molecule has 0 aliphatic heterocycles. The molecule has 0 spiro atoms. The fourth-order valence-electron chi connectivity index (χ4n) is 5.11. The highest BCUT2D eigenvalue weighted by Gasteiger charge is 2.24. The molecule has 7 heteroatoms. The molecule has 0 aliphatic rings. The van der Waals surface area contributed by atoms with Gasteiger partial charge in [-0.3, -0.25) is 9.35 Å². The zero-order chi connectivity index (χ0) is 31.9. The lowest BCUT2D eigenvalue weighted by molar-refractivity contribution is -0.122. The van der Waals surface area contributed by atoms with Gasteiger partial charge < -0.3 is 10.4 Å². The third kappa shape index (κ3) is 31.8. The number of amides is 1. The third-order valence-electron chi connectivity index (χ3n) is 7.79. The van der Waals surface area contributed by atoms with Gasteiger partial charge in [-0.15, -0.1) is 0 Å². The molecule has 0 aliphatic carbocycles. The minimum atomic E-state index is -4.34. The molecule has 0 aromatic carbocycles. The highest BCUT2D eigenvalue weighted by Crippen LogP contribution is 2.12. The summed E-state index contributed by atoms with van der Waals surface area (Å²) in [6, 6.07) is -1.07. The first-order valence-corrected chi connectivity index (χ1v) is 19.3. The summed E-state index contributed by atoms with van der Waals surface area (Å²) in [4.78, 5) is 12.4. The first-order chi connectivity index (χ1) is 20.8. The van der Waals surface area contributed by atoms with Crippen molar-refractivity contribution in [2.24, 2.45) is 0 Å². The van der Waals surface area contributed by atoms with Crippen LogP contribution in [-0.4, -0.2) is 41.9 Å². The van der Waals surface area contributed by atoms with Gasteiger partial charge in [0.1, 0.15) is 0 Å². The predicted octanol–water partition coefficient (Wildman–Crippen LogP) is 9.79. The summed E-state index contributed by atoms with van der Waals surface area (Å²) in [5, 5.41) is 13.1. The highest BCUT2D eigenvalue weighted by atomic mass is 32.2. The van der Waals surface area contributed by atoms with Gasteiger partial charge in [0.15, 0.2) is 0 Å². The summed E-state index contributed by atoms with van der Waals surface area (Å²) in [5.41, 5.74) is 0. The number of hydrogen-bond donors (Lipinski definition) is 3. The van der Waals surface area contributed by atoms with Crippen molar-refractivity contribution < 1.29 is 22.9 Å². The monoisotopic (exact) mass is 625 g/mol. The maximum absolute atomic E-state index is 12.4. The number of carbonyl (C=O) groups is 1. The SMILES string of the molecule is CCCCCC/C=C/CC/C=C/C(O)C(CS(=O)(=O)O)NC(=O)CCCCCCCCC/C=C\CCCCCCCCC. The van der Waals surface area contributed by atoms with E-state index in [0.717, 1.165) is 38.5 Å². The Morgan fingerprint density at radius 3 is 1.49 bits per heavy atom. The lowest BCUT2D eigenvalue weighted by Gasteiger charge is -2.21. The van der Waals surface area contributed by atoms with E-state index in [4.69, 9.17) is 0 Å². The van der Waals surface area contributed by atoms with Crippen LogP contribution in [0.15, 0.2) is 36.5 Å². The number of rotatable bonds is 31. The summed E-state index contributed by atoms with van der Waals surface area (Å²) in [6.07, 6.45) is 38.5. The van der Waals surface area contributed by atoms with Gasteiger partial charge >= 0.3 is 0 Å². The van der Waals surface area contributed by atoms with E-state index < -0.39 is 28.0 Å². The first-order valence-electron chi connectivity index (χ1n) is 17.7. The molecule has 0 rings (SSSR count). The maximum Gasteiger partial charge on any atom is 0.267 e. The molecule has 0 bridgehead atoms. The molecule has 0 saturated heterocycles. The number of aliphatic hydroxyl groups is 1. The molecule has 0 aromatic heterocycles. The van der Waals surface area contributed by atoms with Crippen molar-refractivity contribution in [2.75, 3.05) is 5.75 Å². The summed E-state index contributed by atoms with van der Waals surface area (Å²) in [7, 11) is -4.34. The van der Waals surface area contributed by atoms with Crippen LogP contribution in [0.2, 0.25) is 0 Å². The number of unbranched alkanes of at least 4 members (excludes halogenated alkanes) is 19. The summed E-state index contributed by atoms with van der Waals surface area (Å²) in [5.74, 6) is -1.01. The van der Waals surface area contributed by atoms with Gasteiger partial charge in [0.25, 0.3) is 10.1 Å². The molecule has 0 aromatic rings. The molecule has 252 valence electrons. The summed E-state index contributed by atoms with van der Waals surface area (Å²) in [6.45, 7) is 4.46. The van der Waals surface area contributed by atoms with Crippen molar-refractivity contribution in [1.29, 1.82) is 0 Å². The molecule has 0 fully saturated rings. The summed E-state index contributed by atoms with van der Waals surface area (Å²) < 4.78 is 32.2. The minimum absolute atomic E-state index is 0.283. The van der Waals surface area contributed by atoms with Crippen LogP contribution < -0.4 is 5.32 Å². The van der Waals surface area contributed by atoms with E-state index in [1.165, 1.54) is 109 Å². The van der Waals surface area contributed by atoms with E-state index >= 15 is 0 Å². The molecule has 2 atom stereocenters.